The summed E-state index contributed by atoms with van der Waals surface area (Å²) in [4.78, 5) is 15.8. The molecule has 0 fully saturated rings. The Kier molecular flexibility index (Phi) is 7.61. The third-order valence-corrected chi connectivity index (χ3v) is 14.4. The van der Waals surface area contributed by atoms with Gasteiger partial charge in [0, 0.05) is 67.8 Å². The van der Waals surface area contributed by atoms with Crippen molar-refractivity contribution in [3.05, 3.63) is 188 Å². The first-order valence-electron chi connectivity index (χ1n) is 20.3. The smallest absolute Gasteiger partial charge is 0.165 e. The maximum absolute atomic E-state index is 6.73. The molecule has 284 valence electrons. The second-order valence-electron chi connectivity index (χ2n) is 15.5. The predicted octanol–water partition coefficient (Wildman–Crippen LogP) is 16.0. The van der Waals surface area contributed by atoms with E-state index in [-0.39, 0.29) is 0 Å². The minimum atomic E-state index is 0.619. The van der Waals surface area contributed by atoms with Gasteiger partial charge in [0.1, 0.15) is 11.2 Å². The maximum Gasteiger partial charge on any atom is 0.165 e. The van der Waals surface area contributed by atoms with Gasteiger partial charge in [0.05, 0.1) is 0 Å². The Hall–Kier alpha value is -7.51. The summed E-state index contributed by atoms with van der Waals surface area (Å²) < 4.78 is 11.7. The van der Waals surface area contributed by atoms with E-state index in [1.54, 1.807) is 11.3 Å². The van der Waals surface area contributed by atoms with E-state index >= 15 is 0 Å². The molecule has 4 heterocycles. The fourth-order valence-electron chi connectivity index (χ4n) is 9.12. The van der Waals surface area contributed by atoms with Gasteiger partial charge in [0.2, 0.25) is 0 Å². The Morgan fingerprint density at radius 3 is 1.64 bits per heavy atom. The van der Waals surface area contributed by atoms with Crippen LogP contribution in [0.25, 0.3) is 129 Å². The van der Waals surface area contributed by atoms with Crippen molar-refractivity contribution in [1.29, 1.82) is 0 Å². The van der Waals surface area contributed by atoms with Crippen molar-refractivity contribution in [2.75, 3.05) is 0 Å². The zero-order valence-electron chi connectivity index (χ0n) is 32.5. The molecular formula is C55H31N3OS2. The third-order valence-electron chi connectivity index (χ3n) is 11.9. The highest BCUT2D eigenvalue weighted by atomic mass is 32.1. The van der Waals surface area contributed by atoms with E-state index in [9.17, 15) is 0 Å². The molecule has 0 N–H and O–H groups in total. The van der Waals surface area contributed by atoms with E-state index in [4.69, 9.17) is 19.4 Å². The van der Waals surface area contributed by atoms with E-state index in [0.717, 1.165) is 66.1 Å². The number of hydrogen-bond donors (Lipinski definition) is 0. The number of furan rings is 1. The van der Waals surface area contributed by atoms with Crippen LogP contribution in [-0.4, -0.2) is 15.0 Å². The van der Waals surface area contributed by atoms with Gasteiger partial charge in [0.15, 0.2) is 17.5 Å². The first-order chi connectivity index (χ1) is 30.2. The molecule has 0 spiro atoms. The van der Waals surface area contributed by atoms with Crippen LogP contribution in [0.3, 0.4) is 0 Å². The third kappa shape index (κ3) is 5.46. The molecule has 0 atom stereocenters. The highest BCUT2D eigenvalue weighted by Gasteiger charge is 2.22. The molecule has 9 aromatic carbocycles. The van der Waals surface area contributed by atoms with Crippen LogP contribution in [0, 0.1) is 0 Å². The second-order valence-corrected chi connectivity index (χ2v) is 17.6. The standard InChI is InChI=1S/C55H31N3OS2/c1-2-14-32(15-3-1)53-56-54(58-55(57-53)43-24-13-23-41-39-19-8-11-27-49(39)61-52(41)43)35-28-33-16-4-5-17-36(33)44(30-35)45-29-34(31-47-50(45)42-20-6-9-25-46(42)59-47)37-21-12-22-40-38-18-7-10-26-48(38)60-51(37)40/h1-31H. The van der Waals surface area contributed by atoms with Crippen LogP contribution in [0.1, 0.15) is 0 Å². The number of fused-ring (bicyclic) bond motifs is 10. The van der Waals surface area contributed by atoms with E-state index in [2.05, 4.69) is 164 Å². The Labute approximate surface area is 357 Å². The molecule has 0 amide bonds. The molecule has 0 aliphatic heterocycles. The molecular weight excluding hydrogens is 783 g/mol. The minimum Gasteiger partial charge on any atom is -0.456 e. The SMILES string of the molecule is c1ccc(-c2nc(-c3cc(-c4cc(-c5cccc6c5sc5ccccc56)cc5oc6ccccc6c45)c4ccccc4c3)nc(-c3cccc4c3sc3ccccc34)n2)cc1. The predicted molar refractivity (Wildman–Crippen MR) is 258 cm³/mol. The highest BCUT2D eigenvalue weighted by molar-refractivity contribution is 7.26. The van der Waals surface area contributed by atoms with Crippen LogP contribution in [0.15, 0.2) is 192 Å². The molecule has 4 aromatic heterocycles. The van der Waals surface area contributed by atoms with Crippen LogP contribution in [0.2, 0.25) is 0 Å². The van der Waals surface area contributed by atoms with Crippen molar-refractivity contribution in [2.24, 2.45) is 0 Å². The molecule has 4 nitrogen and oxygen atoms in total. The average molecular weight is 814 g/mol. The first-order valence-corrected chi connectivity index (χ1v) is 22.0. The molecule has 0 radical (unpaired) electrons. The summed E-state index contributed by atoms with van der Waals surface area (Å²) >= 11 is 3.63. The number of nitrogens with zero attached hydrogens (tertiary/aromatic N) is 3. The monoisotopic (exact) mass is 813 g/mol. The lowest BCUT2D eigenvalue weighted by atomic mass is 9.90. The average Bonchev–Trinajstić information content (AvgIpc) is 4.02. The van der Waals surface area contributed by atoms with Gasteiger partial charge in [-0.05, 0) is 81.6 Å². The van der Waals surface area contributed by atoms with Gasteiger partial charge in [-0.25, -0.2) is 15.0 Å². The lowest BCUT2D eigenvalue weighted by Crippen LogP contribution is -2.00. The van der Waals surface area contributed by atoms with Crippen LogP contribution in [0.5, 0.6) is 0 Å². The Morgan fingerprint density at radius 1 is 0.328 bits per heavy atom. The summed E-state index contributed by atoms with van der Waals surface area (Å²) in [6.45, 7) is 0. The molecule has 0 aliphatic rings. The van der Waals surface area contributed by atoms with Crippen molar-refractivity contribution in [1.82, 2.24) is 15.0 Å². The lowest BCUT2D eigenvalue weighted by molar-refractivity contribution is 0.669. The lowest BCUT2D eigenvalue weighted by Gasteiger charge is -2.15. The van der Waals surface area contributed by atoms with E-state index in [0.29, 0.717) is 17.5 Å². The molecule has 6 heteroatoms. The van der Waals surface area contributed by atoms with Gasteiger partial charge in [-0.3, -0.25) is 0 Å². The fourth-order valence-corrected chi connectivity index (χ4v) is 11.6. The molecule has 0 saturated carbocycles. The van der Waals surface area contributed by atoms with Crippen molar-refractivity contribution in [3.8, 4) is 56.4 Å². The molecule has 61 heavy (non-hydrogen) atoms. The molecule has 0 saturated heterocycles. The molecule has 0 unspecified atom stereocenters. The van der Waals surface area contributed by atoms with Crippen LogP contribution in [0.4, 0.5) is 0 Å². The first kappa shape index (κ1) is 34.4. The summed E-state index contributed by atoms with van der Waals surface area (Å²) in [6.07, 6.45) is 0. The number of rotatable bonds is 5. The molecule has 13 aromatic rings. The van der Waals surface area contributed by atoms with Crippen molar-refractivity contribution in [3.63, 3.8) is 0 Å². The summed E-state index contributed by atoms with van der Waals surface area (Å²) in [5, 5.41) is 9.40. The zero-order valence-corrected chi connectivity index (χ0v) is 34.1. The minimum absolute atomic E-state index is 0.619. The summed E-state index contributed by atoms with van der Waals surface area (Å²) in [7, 11) is 0. The summed E-state index contributed by atoms with van der Waals surface area (Å²) in [5.74, 6) is 1.90. The van der Waals surface area contributed by atoms with Crippen molar-refractivity contribution in [2.45, 2.75) is 0 Å². The van der Waals surface area contributed by atoms with Gasteiger partial charge in [0.25, 0.3) is 0 Å². The second kappa shape index (κ2) is 13.5. The van der Waals surface area contributed by atoms with Gasteiger partial charge >= 0.3 is 0 Å². The Morgan fingerprint density at radius 2 is 0.885 bits per heavy atom. The normalized spacial score (nSPS) is 11.9. The number of hydrogen-bond acceptors (Lipinski definition) is 6. The number of benzene rings is 9. The Bertz CT molecular complexity index is 3900. The highest BCUT2D eigenvalue weighted by Crippen LogP contribution is 2.47. The van der Waals surface area contributed by atoms with Gasteiger partial charge < -0.3 is 4.42 Å². The van der Waals surface area contributed by atoms with Crippen molar-refractivity contribution >= 4 is 95.7 Å². The van der Waals surface area contributed by atoms with E-state index in [1.165, 1.54) is 45.9 Å². The molecule has 13 rings (SSSR count). The Balaban J connectivity index is 1.09. The number of para-hydroxylation sites is 1. The van der Waals surface area contributed by atoms with Gasteiger partial charge in [-0.2, -0.15) is 0 Å². The van der Waals surface area contributed by atoms with Crippen LogP contribution >= 0.6 is 22.7 Å². The summed E-state index contributed by atoms with van der Waals surface area (Å²) in [5.41, 5.74) is 9.04. The maximum atomic E-state index is 6.73. The van der Waals surface area contributed by atoms with Gasteiger partial charge in [-0.1, -0.05) is 140 Å². The van der Waals surface area contributed by atoms with Gasteiger partial charge in [-0.15, -0.1) is 22.7 Å². The van der Waals surface area contributed by atoms with E-state index < -0.39 is 0 Å². The topological polar surface area (TPSA) is 51.8 Å². The molecule has 0 bridgehead atoms. The summed E-state index contributed by atoms with van der Waals surface area (Å²) in [6, 6.07) is 66.7. The quantitative estimate of drug-likeness (QED) is 0.174. The number of thiophene rings is 2. The number of aromatic nitrogens is 3. The zero-order chi connectivity index (χ0) is 40.0. The van der Waals surface area contributed by atoms with Crippen LogP contribution < -0.4 is 0 Å². The van der Waals surface area contributed by atoms with Crippen molar-refractivity contribution < 1.29 is 4.42 Å². The fraction of sp³-hybridized carbons (Fsp3) is 0. The van der Waals surface area contributed by atoms with E-state index in [1.807, 2.05) is 35.6 Å². The largest absolute Gasteiger partial charge is 0.456 e. The molecule has 0 aliphatic carbocycles. The van der Waals surface area contributed by atoms with Crippen LogP contribution in [-0.2, 0) is 0 Å².